The second-order valence-electron chi connectivity index (χ2n) is 4.76. The van der Waals surface area contributed by atoms with E-state index in [2.05, 4.69) is 6.07 Å². The van der Waals surface area contributed by atoms with Gasteiger partial charge in [-0.3, -0.25) is 0 Å². The zero-order chi connectivity index (χ0) is 12.5. The fourth-order valence-electron chi connectivity index (χ4n) is 2.76. The molecule has 1 aliphatic carbocycles. The van der Waals surface area contributed by atoms with Crippen LogP contribution in [0.15, 0.2) is 42.5 Å². The quantitative estimate of drug-likeness (QED) is 0.805. The van der Waals surface area contributed by atoms with E-state index < -0.39 is 0 Å². The SMILES string of the molecule is OC1CCCc2c(-c3ccccc3Cl)cccc21. The smallest absolute Gasteiger partial charge is 0.0793 e. The van der Waals surface area contributed by atoms with Gasteiger partial charge >= 0.3 is 0 Å². The highest BCUT2D eigenvalue weighted by molar-refractivity contribution is 6.33. The molecule has 1 unspecified atom stereocenters. The summed E-state index contributed by atoms with van der Waals surface area (Å²) in [6.45, 7) is 0. The predicted octanol–water partition coefficient (Wildman–Crippen LogP) is 4.38. The maximum atomic E-state index is 10.1. The van der Waals surface area contributed by atoms with Crippen LogP contribution in [0.4, 0.5) is 0 Å². The molecule has 2 aromatic rings. The number of hydrogen-bond donors (Lipinski definition) is 1. The van der Waals surface area contributed by atoms with Crippen molar-refractivity contribution < 1.29 is 5.11 Å². The van der Waals surface area contributed by atoms with Crippen molar-refractivity contribution in [2.45, 2.75) is 25.4 Å². The average molecular weight is 259 g/mol. The van der Waals surface area contributed by atoms with Crippen molar-refractivity contribution in [1.82, 2.24) is 0 Å². The Labute approximate surface area is 112 Å². The largest absolute Gasteiger partial charge is 0.388 e. The highest BCUT2D eigenvalue weighted by Crippen LogP contribution is 2.38. The highest BCUT2D eigenvalue weighted by atomic mass is 35.5. The Morgan fingerprint density at radius 1 is 1.00 bits per heavy atom. The summed E-state index contributed by atoms with van der Waals surface area (Å²) in [7, 11) is 0. The molecule has 0 aliphatic heterocycles. The van der Waals surface area contributed by atoms with Crippen molar-refractivity contribution in [3.8, 4) is 11.1 Å². The topological polar surface area (TPSA) is 20.2 Å². The van der Waals surface area contributed by atoms with E-state index in [0.29, 0.717) is 0 Å². The van der Waals surface area contributed by atoms with E-state index in [4.69, 9.17) is 11.6 Å². The summed E-state index contributed by atoms with van der Waals surface area (Å²) in [5.41, 5.74) is 4.55. The molecule has 0 radical (unpaired) electrons. The van der Waals surface area contributed by atoms with Crippen LogP contribution in [0.5, 0.6) is 0 Å². The lowest BCUT2D eigenvalue weighted by atomic mass is 9.84. The molecule has 0 fully saturated rings. The Morgan fingerprint density at radius 3 is 2.61 bits per heavy atom. The Bertz CT molecular complexity index is 577. The minimum atomic E-state index is -0.323. The molecule has 1 atom stereocenters. The fourth-order valence-corrected chi connectivity index (χ4v) is 2.99. The monoisotopic (exact) mass is 258 g/mol. The highest BCUT2D eigenvalue weighted by Gasteiger charge is 2.21. The van der Waals surface area contributed by atoms with Crippen LogP contribution in [-0.2, 0) is 6.42 Å². The molecule has 0 spiro atoms. The second kappa shape index (κ2) is 4.75. The first kappa shape index (κ1) is 11.8. The summed E-state index contributed by atoms with van der Waals surface area (Å²) in [6.07, 6.45) is 2.60. The van der Waals surface area contributed by atoms with Crippen molar-refractivity contribution in [3.05, 3.63) is 58.6 Å². The Balaban J connectivity index is 2.19. The van der Waals surface area contributed by atoms with Crippen LogP contribution >= 0.6 is 11.6 Å². The molecule has 0 saturated heterocycles. The summed E-state index contributed by atoms with van der Waals surface area (Å²) in [4.78, 5) is 0. The standard InChI is InChI=1S/C16H15ClO/c17-15-9-2-1-5-13(15)11-6-3-8-14-12(11)7-4-10-16(14)18/h1-3,5-6,8-9,16,18H,4,7,10H2. The van der Waals surface area contributed by atoms with E-state index in [0.717, 1.165) is 41.0 Å². The zero-order valence-corrected chi connectivity index (χ0v) is 10.8. The van der Waals surface area contributed by atoms with Crippen LogP contribution in [-0.4, -0.2) is 5.11 Å². The van der Waals surface area contributed by atoms with E-state index >= 15 is 0 Å². The number of benzene rings is 2. The third-order valence-electron chi connectivity index (χ3n) is 3.64. The lowest BCUT2D eigenvalue weighted by Gasteiger charge is -2.24. The van der Waals surface area contributed by atoms with Crippen LogP contribution in [0.1, 0.15) is 30.1 Å². The molecule has 0 saturated carbocycles. The van der Waals surface area contributed by atoms with E-state index in [1.54, 1.807) is 0 Å². The first-order valence-electron chi connectivity index (χ1n) is 6.32. The van der Waals surface area contributed by atoms with Gasteiger partial charge in [-0.2, -0.15) is 0 Å². The van der Waals surface area contributed by atoms with Crippen molar-refractivity contribution in [3.63, 3.8) is 0 Å². The van der Waals surface area contributed by atoms with Crippen LogP contribution in [0.2, 0.25) is 5.02 Å². The molecule has 0 heterocycles. The van der Waals surface area contributed by atoms with Gasteiger partial charge < -0.3 is 5.11 Å². The number of aliphatic hydroxyl groups is 1. The van der Waals surface area contributed by atoms with Gasteiger partial charge in [0.25, 0.3) is 0 Å². The summed E-state index contributed by atoms with van der Waals surface area (Å²) >= 11 is 6.28. The minimum absolute atomic E-state index is 0.323. The third-order valence-corrected chi connectivity index (χ3v) is 3.97. The van der Waals surface area contributed by atoms with Crippen molar-refractivity contribution in [2.24, 2.45) is 0 Å². The van der Waals surface area contributed by atoms with Crippen LogP contribution in [0, 0.1) is 0 Å². The van der Waals surface area contributed by atoms with Crippen molar-refractivity contribution in [2.75, 3.05) is 0 Å². The van der Waals surface area contributed by atoms with Gasteiger partial charge in [0.05, 0.1) is 6.10 Å². The molecule has 1 nitrogen and oxygen atoms in total. The van der Waals surface area contributed by atoms with Crippen LogP contribution < -0.4 is 0 Å². The maximum absolute atomic E-state index is 10.1. The maximum Gasteiger partial charge on any atom is 0.0793 e. The number of rotatable bonds is 1. The summed E-state index contributed by atoms with van der Waals surface area (Å²) < 4.78 is 0. The number of aliphatic hydroxyl groups excluding tert-OH is 1. The molecule has 0 aromatic heterocycles. The van der Waals surface area contributed by atoms with Gasteiger partial charge in [-0.25, -0.2) is 0 Å². The molecule has 92 valence electrons. The molecule has 0 amide bonds. The normalized spacial score (nSPS) is 18.4. The predicted molar refractivity (Wildman–Crippen MR) is 74.8 cm³/mol. The Kier molecular flexibility index (Phi) is 3.11. The van der Waals surface area contributed by atoms with E-state index in [1.807, 2.05) is 36.4 Å². The van der Waals surface area contributed by atoms with E-state index in [-0.39, 0.29) is 6.10 Å². The van der Waals surface area contributed by atoms with Crippen LogP contribution in [0.25, 0.3) is 11.1 Å². The first-order valence-corrected chi connectivity index (χ1v) is 6.70. The number of hydrogen-bond acceptors (Lipinski definition) is 1. The fraction of sp³-hybridized carbons (Fsp3) is 0.250. The lowest BCUT2D eigenvalue weighted by Crippen LogP contribution is -2.10. The summed E-state index contributed by atoms with van der Waals surface area (Å²) in [5.74, 6) is 0. The first-order chi connectivity index (χ1) is 8.77. The Morgan fingerprint density at radius 2 is 1.78 bits per heavy atom. The van der Waals surface area contributed by atoms with E-state index in [9.17, 15) is 5.11 Å². The molecule has 3 rings (SSSR count). The van der Waals surface area contributed by atoms with Gasteiger partial charge in [-0.1, -0.05) is 48.0 Å². The summed E-state index contributed by atoms with van der Waals surface area (Å²) in [6, 6.07) is 14.0. The molecule has 0 bridgehead atoms. The minimum Gasteiger partial charge on any atom is -0.388 e. The Hall–Kier alpha value is -1.31. The van der Waals surface area contributed by atoms with Gasteiger partial charge in [0.15, 0.2) is 0 Å². The molecule has 1 aliphatic rings. The average Bonchev–Trinajstić information content (AvgIpc) is 2.40. The molecule has 18 heavy (non-hydrogen) atoms. The van der Waals surface area contributed by atoms with Crippen molar-refractivity contribution >= 4 is 11.6 Å². The van der Waals surface area contributed by atoms with Gasteiger partial charge in [-0.05, 0) is 42.0 Å². The number of fused-ring (bicyclic) bond motifs is 1. The molecular formula is C16H15ClO. The lowest BCUT2D eigenvalue weighted by molar-refractivity contribution is 0.156. The molecule has 2 heteroatoms. The second-order valence-corrected chi connectivity index (χ2v) is 5.17. The van der Waals surface area contributed by atoms with Gasteiger partial charge in [0.1, 0.15) is 0 Å². The van der Waals surface area contributed by atoms with E-state index in [1.165, 1.54) is 5.56 Å². The third kappa shape index (κ3) is 1.94. The molecule has 2 aromatic carbocycles. The van der Waals surface area contributed by atoms with Gasteiger partial charge in [0.2, 0.25) is 0 Å². The van der Waals surface area contributed by atoms with Crippen molar-refractivity contribution in [1.29, 1.82) is 0 Å². The molecule has 1 N–H and O–H groups in total. The van der Waals surface area contributed by atoms with Gasteiger partial charge in [0, 0.05) is 10.6 Å². The van der Waals surface area contributed by atoms with Crippen LogP contribution in [0.3, 0.4) is 0 Å². The number of halogens is 1. The zero-order valence-electron chi connectivity index (χ0n) is 10.1. The van der Waals surface area contributed by atoms with Gasteiger partial charge in [-0.15, -0.1) is 0 Å². The molecular weight excluding hydrogens is 244 g/mol. The summed E-state index contributed by atoms with van der Waals surface area (Å²) in [5, 5.41) is 10.8.